The van der Waals surface area contributed by atoms with Gasteiger partial charge in [-0.15, -0.1) is 0 Å². The minimum absolute atomic E-state index is 0.127. The Morgan fingerprint density at radius 3 is 2.82 bits per heavy atom. The maximum Gasteiger partial charge on any atom is 0.255 e. The van der Waals surface area contributed by atoms with E-state index in [-0.39, 0.29) is 11.9 Å². The van der Waals surface area contributed by atoms with Crippen molar-refractivity contribution in [2.24, 2.45) is 0 Å². The maximum atomic E-state index is 12.3. The summed E-state index contributed by atoms with van der Waals surface area (Å²) >= 11 is 5.95. The van der Waals surface area contributed by atoms with Crippen LogP contribution < -0.4 is 10.6 Å². The molecule has 116 valence electrons. The van der Waals surface area contributed by atoms with Crippen molar-refractivity contribution in [2.45, 2.75) is 26.3 Å². The Morgan fingerprint density at radius 2 is 2.09 bits per heavy atom. The van der Waals surface area contributed by atoms with E-state index >= 15 is 0 Å². The minimum Gasteiger partial charge on any atom is -0.367 e. The van der Waals surface area contributed by atoms with Gasteiger partial charge in [-0.3, -0.25) is 4.79 Å². The second-order valence-electron chi connectivity index (χ2n) is 5.33. The molecule has 0 fully saturated rings. The first-order valence-corrected chi connectivity index (χ1v) is 7.68. The molecule has 4 nitrogen and oxygen atoms in total. The highest BCUT2D eigenvalue weighted by atomic mass is 35.5. The smallest absolute Gasteiger partial charge is 0.255 e. The van der Waals surface area contributed by atoms with E-state index in [0.29, 0.717) is 22.9 Å². The topological polar surface area (TPSA) is 54.0 Å². The number of nitrogens with zero attached hydrogens (tertiary/aromatic N) is 1. The Hall–Kier alpha value is -2.07. The number of carbonyl (C=O) groups excluding carboxylic acids is 1. The number of nitrogens with one attached hydrogen (secondary N) is 2. The molecule has 2 aromatic rings. The van der Waals surface area contributed by atoms with Crippen molar-refractivity contribution in [1.82, 2.24) is 10.3 Å². The number of hydrogen-bond acceptors (Lipinski definition) is 3. The van der Waals surface area contributed by atoms with Crippen LogP contribution in [0.4, 0.5) is 5.82 Å². The van der Waals surface area contributed by atoms with Crippen LogP contribution in [0.1, 0.15) is 29.8 Å². The van der Waals surface area contributed by atoms with Crippen molar-refractivity contribution in [3.05, 3.63) is 58.7 Å². The lowest BCUT2D eigenvalue weighted by molar-refractivity contribution is 0.0954. The van der Waals surface area contributed by atoms with Crippen LogP contribution in [0.15, 0.2) is 42.6 Å². The van der Waals surface area contributed by atoms with Gasteiger partial charge < -0.3 is 10.6 Å². The Balaban J connectivity index is 1.95. The summed E-state index contributed by atoms with van der Waals surface area (Å²) in [4.78, 5) is 16.5. The first-order valence-electron chi connectivity index (χ1n) is 7.30. The molecule has 0 aliphatic carbocycles. The Bertz CT molecular complexity index is 643. The molecule has 0 saturated heterocycles. The summed E-state index contributed by atoms with van der Waals surface area (Å²) in [5.74, 6) is 0.482. The Labute approximate surface area is 135 Å². The fraction of sp³-hybridized carbons (Fsp3) is 0.294. The molecule has 0 unspecified atom stereocenters. The Morgan fingerprint density at radius 1 is 1.27 bits per heavy atom. The van der Waals surface area contributed by atoms with Crippen molar-refractivity contribution in [1.29, 1.82) is 0 Å². The molecule has 2 rings (SSSR count). The van der Waals surface area contributed by atoms with Gasteiger partial charge in [0.2, 0.25) is 0 Å². The number of hydrogen-bond donors (Lipinski definition) is 2. The van der Waals surface area contributed by atoms with Gasteiger partial charge >= 0.3 is 0 Å². The summed E-state index contributed by atoms with van der Waals surface area (Å²) in [6.07, 6.45) is 2.41. The number of pyridine rings is 1. The average Bonchev–Trinajstić information content (AvgIpc) is 2.47. The van der Waals surface area contributed by atoms with E-state index in [2.05, 4.69) is 15.6 Å². The van der Waals surface area contributed by atoms with Crippen molar-refractivity contribution < 1.29 is 4.79 Å². The average molecular weight is 318 g/mol. The number of anilines is 1. The number of rotatable bonds is 6. The standard InChI is InChI=1S/C17H20ClN3O/c1-12(2)21-16-15(7-4-9-19-16)17(22)20-10-8-13-5-3-6-14(18)11-13/h3-7,9,11-12H,8,10H2,1-2H3,(H,19,21)(H,20,22). The largest absolute Gasteiger partial charge is 0.367 e. The fourth-order valence-corrected chi connectivity index (χ4v) is 2.30. The third-order valence-corrected chi connectivity index (χ3v) is 3.30. The number of aromatic nitrogens is 1. The summed E-state index contributed by atoms with van der Waals surface area (Å²) in [6, 6.07) is 11.4. The third-order valence-electron chi connectivity index (χ3n) is 3.07. The van der Waals surface area contributed by atoms with Crippen LogP contribution in [0, 0.1) is 0 Å². The number of amides is 1. The highest BCUT2D eigenvalue weighted by molar-refractivity contribution is 6.30. The zero-order valence-electron chi connectivity index (χ0n) is 12.8. The molecule has 22 heavy (non-hydrogen) atoms. The number of carbonyl (C=O) groups is 1. The van der Waals surface area contributed by atoms with Gasteiger partial charge in [0.15, 0.2) is 0 Å². The van der Waals surface area contributed by atoms with E-state index in [1.807, 2.05) is 38.1 Å². The predicted molar refractivity (Wildman–Crippen MR) is 90.5 cm³/mol. The summed E-state index contributed by atoms with van der Waals surface area (Å²) in [5.41, 5.74) is 1.65. The van der Waals surface area contributed by atoms with E-state index in [1.165, 1.54) is 0 Å². The zero-order valence-corrected chi connectivity index (χ0v) is 13.5. The highest BCUT2D eigenvalue weighted by Gasteiger charge is 2.12. The lowest BCUT2D eigenvalue weighted by Gasteiger charge is -2.13. The minimum atomic E-state index is -0.127. The van der Waals surface area contributed by atoms with Crippen LogP contribution in [-0.2, 0) is 6.42 Å². The number of halogens is 1. The molecule has 1 amide bonds. The van der Waals surface area contributed by atoms with Crippen LogP contribution in [0.2, 0.25) is 5.02 Å². The van der Waals surface area contributed by atoms with Gasteiger partial charge in [-0.1, -0.05) is 23.7 Å². The molecule has 0 aliphatic heterocycles. The van der Waals surface area contributed by atoms with E-state index < -0.39 is 0 Å². The van der Waals surface area contributed by atoms with Gasteiger partial charge in [-0.05, 0) is 50.1 Å². The van der Waals surface area contributed by atoms with Crippen LogP contribution in [-0.4, -0.2) is 23.5 Å². The van der Waals surface area contributed by atoms with Crippen molar-refractivity contribution >= 4 is 23.3 Å². The lowest BCUT2D eigenvalue weighted by atomic mass is 10.1. The van der Waals surface area contributed by atoms with E-state index in [4.69, 9.17) is 11.6 Å². The molecule has 1 heterocycles. The molecular formula is C17H20ClN3O. The van der Waals surface area contributed by atoms with Gasteiger partial charge in [-0.2, -0.15) is 0 Å². The van der Waals surface area contributed by atoms with Gasteiger partial charge in [0, 0.05) is 23.8 Å². The molecule has 2 N–H and O–H groups in total. The quantitative estimate of drug-likeness (QED) is 0.857. The zero-order chi connectivity index (χ0) is 15.9. The molecule has 5 heteroatoms. The SMILES string of the molecule is CC(C)Nc1ncccc1C(=O)NCCc1cccc(Cl)c1. The van der Waals surface area contributed by atoms with Crippen molar-refractivity contribution in [3.63, 3.8) is 0 Å². The van der Waals surface area contributed by atoms with E-state index in [0.717, 1.165) is 12.0 Å². The third kappa shape index (κ3) is 4.74. The van der Waals surface area contributed by atoms with Gasteiger partial charge in [0.25, 0.3) is 5.91 Å². The molecule has 1 aromatic carbocycles. The maximum absolute atomic E-state index is 12.3. The summed E-state index contributed by atoms with van der Waals surface area (Å²) < 4.78 is 0. The first kappa shape index (κ1) is 16.3. The second-order valence-corrected chi connectivity index (χ2v) is 5.77. The second kappa shape index (κ2) is 7.80. The van der Waals surface area contributed by atoms with Crippen molar-refractivity contribution in [2.75, 3.05) is 11.9 Å². The van der Waals surface area contributed by atoms with Crippen LogP contribution >= 0.6 is 11.6 Å². The summed E-state index contributed by atoms with van der Waals surface area (Å²) in [5, 5.41) is 6.81. The highest BCUT2D eigenvalue weighted by Crippen LogP contribution is 2.13. The first-order chi connectivity index (χ1) is 10.6. The summed E-state index contributed by atoms with van der Waals surface area (Å²) in [6.45, 7) is 4.57. The normalized spacial score (nSPS) is 10.5. The Kier molecular flexibility index (Phi) is 5.78. The molecule has 0 aliphatic rings. The van der Waals surface area contributed by atoms with Crippen LogP contribution in [0.5, 0.6) is 0 Å². The van der Waals surface area contributed by atoms with Gasteiger partial charge in [0.1, 0.15) is 5.82 Å². The number of benzene rings is 1. The fourth-order valence-electron chi connectivity index (χ4n) is 2.09. The molecule has 0 atom stereocenters. The van der Waals surface area contributed by atoms with Crippen molar-refractivity contribution in [3.8, 4) is 0 Å². The molecule has 0 spiro atoms. The molecular weight excluding hydrogens is 298 g/mol. The summed E-state index contributed by atoms with van der Waals surface area (Å²) in [7, 11) is 0. The van der Waals surface area contributed by atoms with E-state index in [9.17, 15) is 4.79 Å². The molecule has 0 bridgehead atoms. The van der Waals surface area contributed by atoms with Gasteiger partial charge in [-0.25, -0.2) is 4.98 Å². The monoisotopic (exact) mass is 317 g/mol. The molecule has 0 radical (unpaired) electrons. The predicted octanol–water partition coefficient (Wildman–Crippen LogP) is 3.53. The van der Waals surface area contributed by atoms with Gasteiger partial charge in [0.05, 0.1) is 5.56 Å². The molecule has 0 saturated carbocycles. The lowest BCUT2D eigenvalue weighted by Crippen LogP contribution is -2.27. The van der Waals surface area contributed by atoms with E-state index in [1.54, 1.807) is 18.3 Å². The van der Waals surface area contributed by atoms with Crippen LogP contribution in [0.3, 0.4) is 0 Å². The molecule has 1 aromatic heterocycles. The van der Waals surface area contributed by atoms with Crippen LogP contribution in [0.25, 0.3) is 0 Å².